The Balaban J connectivity index is 1.42. The molecule has 110 valence electrons. The zero-order valence-electron chi connectivity index (χ0n) is 11.1. The van der Waals surface area contributed by atoms with Gasteiger partial charge in [0.25, 0.3) is 0 Å². The minimum atomic E-state index is -4.22. The van der Waals surface area contributed by atoms with E-state index in [1.54, 1.807) is 4.68 Å². The van der Waals surface area contributed by atoms with Gasteiger partial charge in [0.05, 0.1) is 0 Å². The summed E-state index contributed by atoms with van der Waals surface area (Å²) in [4.78, 5) is 3.92. The van der Waals surface area contributed by atoms with E-state index in [4.69, 9.17) is 0 Å². The van der Waals surface area contributed by atoms with Gasteiger partial charge in [-0.15, -0.1) is 0 Å². The van der Waals surface area contributed by atoms with Crippen molar-refractivity contribution in [2.45, 2.75) is 43.8 Å². The number of rotatable bonds is 3. The van der Waals surface area contributed by atoms with E-state index < -0.39 is 11.6 Å². The molecule has 2 heterocycles. The summed E-state index contributed by atoms with van der Waals surface area (Å²) in [6.45, 7) is 2.87. The first kappa shape index (κ1) is 12.6. The lowest BCUT2D eigenvalue weighted by Gasteiger charge is -2.54. The highest BCUT2D eigenvalue weighted by Crippen LogP contribution is 2.57. The van der Waals surface area contributed by atoms with Crippen LogP contribution in [0.2, 0.25) is 0 Å². The quantitative estimate of drug-likeness (QED) is 0.922. The largest absolute Gasteiger partial charge is 0.401 e. The van der Waals surface area contributed by atoms with E-state index in [2.05, 4.69) is 15.4 Å². The average Bonchev–Trinajstić information content (AvgIpc) is 2.96. The number of nitrogens with one attached hydrogen (secondary N) is 1. The van der Waals surface area contributed by atoms with Crippen LogP contribution in [-0.4, -0.2) is 34.0 Å². The fraction of sp³-hybridized carbons (Fsp3) is 0.846. The topological polar surface area (TPSA) is 42.7 Å². The Morgan fingerprint density at radius 2 is 2.00 bits per heavy atom. The van der Waals surface area contributed by atoms with Crippen molar-refractivity contribution in [1.82, 2.24) is 20.1 Å². The molecule has 4 nitrogen and oxygen atoms in total. The van der Waals surface area contributed by atoms with Gasteiger partial charge in [-0.2, -0.15) is 18.3 Å². The van der Waals surface area contributed by atoms with Crippen molar-refractivity contribution in [2.75, 3.05) is 13.1 Å². The van der Waals surface area contributed by atoms with Gasteiger partial charge < -0.3 is 5.32 Å². The van der Waals surface area contributed by atoms with Crippen molar-refractivity contribution in [3.63, 3.8) is 0 Å². The Morgan fingerprint density at radius 1 is 1.30 bits per heavy atom. The number of hydrogen-bond donors (Lipinski definition) is 1. The van der Waals surface area contributed by atoms with Crippen LogP contribution in [0.5, 0.6) is 0 Å². The van der Waals surface area contributed by atoms with Crippen LogP contribution in [-0.2, 0) is 12.0 Å². The molecule has 0 atom stereocenters. The number of nitrogens with zero attached hydrogens (tertiary/aromatic N) is 3. The second kappa shape index (κ2) is 3.75. The lowest BCUT2D eigenvalue weighted by molar-refractivity contribution is -0.162. The molecule has 0 radical (unpaired) electrons. The fourth-order valence-corrected chi connectivity index (χ4v) is 3.69. The Bertz CT molecular complexity index is 520. The Labute approximate surface area is 114 Å². The molecule has 2 aliphatic carbocycles. The van der Waals surface area contributed by atoms with E-state index in [1.807, 2.05) is 0 Å². The minimum Gasteiger partial charge on any atom is -0.316 e. The molecule has 0 amide bonds. The molecule has 1 aliphatic heterocycles. The molecular weight excluding hydrogens is 269 g/mol. The van der Waals surface area contributed by atoms with Gasteiger partial charge in [0, 0.05) is 19.6 Å². The average molecular weight is 286 g/mol. The zero-order chi connectivity index (χ0) is 14.0. The van der Waals surface area contributed by atoms with E-state index in [0.29, 0.717) is 17.9 Å². The maximum Gasteiger partial charge on any atom is 0.401 e. The maximum atomic E-state index is 13.0. The van der Waals surface area contributed by atoms with Crippen molar-refractivity contribution in [2.24, 2.45) is 11.3 Å². The monoisotopic (exact) mass is 286 g/mol. The molecule has 1 spiro atoms. The van der Waals surface area contributed by atoms with Gasteiger partial charge in [-0.1, -0.05) is 0 Å². The van der Waals surface area contributed by atoms with E-state index in [0.717, 1.165) is 25.9 Å². The Hall–Kier alpha value is -1.11. The number of hydrogen-bond acceptors (Lipinski definition) is 3. The molecule has 20 heavy (non-hydrogen) atoms. The predicted molar refractivity (Wildman–Crippen MR) is 65.0 cm³/mol. The van der Waals surface area contributed by atoms with Gasteiger partial charge in [-0.3, -0.25) is 4.68 Å². The first-order valence-electron chi connectivity index (χ1n) is 7.10. The van der Waals surface area contributed by atoms with Crippen LogP contribution in [0.1, 0.15) is 31.5 Å². The third-order valence-corrected chi connectivity index (χ3v) is 5.15. The molecule has 3 fully saturated rings. The molecule has 0 aromatic carbocycles. The van der Waals surface area contributed by atoms with Crippen molar-refractivity contribution in [3.05, 3.63) is 12.2 Å². The Morgan fingerprint density at radius 3 is 2.50 bits per heavy atom. The van der Waals surface area contributed by atoms with Crippen LogP contribution in [0.25, 0.3) is 0 Å². The van der Waals surface area contributed by atoms with Crippen LogP contribution in [0, 0.1) is 11.3 Å². The van der Waals surface area contributed by atoms with E-state index >= 15 is 0 Å². The molecule has 1 aromatic heterocycles. The standard InChI is InChI=1S/C13H17F3N4/c14-13(15,16)12(1-2-12)10-18-8-20(19-10)5-9-3-11(4-9)6-17-7-11/h8-9,17H,1-7H2. The highest BCUT2D eigenvalue weighted by atomic mass is 19.4. The lowest BCUT2D eigenvalue weighted by atomic mass is 9.58. The van der Waals surface area contributed by atoms with Crippen LogP contribution in [0.15, 0.2) is 6.33 Å². The molecular formula is C13H17F3N4. The van der Waals surface area contributed by atoms with Gasteiger partial charge in [0.2, 0.25) is 0 Å². The number of aromatic nitrogens is 3. The van der Waals surface area contributed by atoms with E-state index in [1.165, 1.54) is 6.33 Å². The fourth-order valence-electron chi connectivity index (χ4n) is 3.69. The smallest absolute Gasteiger partial charge is 0.316 e. The van der Waals surface area contributed by atoms with Crippen LogP contribution < -0.4 is 5.32 Å². The lowest BCUT2D eigenvalue weighted by Crippen LogP contribution is -2.60. The third kappa shape index (κ3) is 1.71. The SMILES string of the molecule is FC(F)(F)C1(c2ncn(CC3CC4(CNC4)C3)n2)CC1. The summed E-state index contributed by atoms with van der Waals surface area (Å²) in [7, 11) is 0. The summed E-state index contributed by atoms with van der Waals surface area (Å²) < 4.78 is 40.6. The predicted octanol–water partition coefficient (Wildman–Crippen LogP) is 1.87. The van der Waals surface area contributed by atoms with Crippen molar-refractivity contribution in [3.8, 4) is 0 Å². The summed E-state index contributed by atoms with van der Waals surface area (Å²) in [6.07, 6.45) is -0.209. The number of alkyl halides is 3. The molecule has 3 aliphatic rings. The first-order valence-corrected chi connectivity index (χ1v) is 7.10. The van der Waals surface area contributed by atoms with Crippen molar-refractivity contribution < 1.29 is 13.2 Å². The van der Waals surface area contributed by atoms with Gasteiger partial charge >= 0.3 is 6.18 Å². The van der Waals surface area contributed by atoms with E-state index in [-0.39, 0.29) is 18.7 Å². The Kier molecular flexibility index (Phi) is 2.37. The number of halogens is 3. The molecule has 1 aromatic rings. The molecule has 1 saturated heterocycles. The molecule has 4 rings (SSSR count). The summed E-state index contributed by atoms with van der Waals surface area (Å²) in [5, 5.41) is 7.37. The van der Waals surface area contributed by atoms with Crippen LogP contribution in [0.3, 0.4) is 0 Å². The molecule has 7 heteroatoms. The summed E-state index contributed by atoms with van der Waals surface area (Å²) >= 11 is 0. The highest BCUT2D eigenvalue weighted by molar-refractivity contribution is 5.20. The van der Waals surface area contributed by atoms with E-state index in [9.17, 15) is 13.2 Å². The van der Waals surface area contributed by atoms with Crippen LogP contribution >= 0.6 is 0 Å². The molecule has 2 saturated carbocycles. The first-order chi connectivity index (χ1) is 9.43. The molecule has 1 N–H and O–H groups in total. The maximum absolute atomic E-state index is 13.0. The normalized spacial score (nSPS) is 27.1. The van der Waals surface area contributed by atoms with Crippen molar-refractivity contribution in [1.29, 1.82) is 0 Å². The highest BCUT2D eigenvalue weighted by Gasteiger charge is 2.66. The third-order valence-electron chi connectivity index (χ3n) is 5.15. The van der Waals surface area contributed by atoms with Gasteiger partial charge in [0.1, 0.15) is 11.7 Å². The minimum absolute atomic E-state index is 0.0376. The second-order valence-corrected chi connectivity index (χ2v) is 6.75. The van der Waals surface area contributed by atoms with Crippen molar-refractivity contribution >= 4 is 0 Å². The summed E-state index contributed by atoms with van der Waals surface area (Å²) in [5.41, 5.74) is -1.27. The zero-order valence-corrected chi connectivity index (χ0v) is 11.1. The van der Waals surface area contributed by atoms with Crippen LogP contribution in [0.4, 0.5) is 13.2 Å². The summed E-state index contributed by atoms with van der Waals surface area (Å²) in [5.74, 6) is 0.497. The molecule has 0 unspecified atom stereocenters. The van der Waals surface area contributed by atoms with Gasteiger partial charge in [-0.05, 0) is 37.0 Å². The van der Waals surface area contributed by atoms with Gasteiger partial charge in [-0.25, -0.2) is 4.98 Å². The van der Waals surface area contributed by atoms with Gasteiger partial charge in [0.15, 0.2) is 5.82 Å². The second-order valence-electron chi connectivity index (χ2n) is 6.75. The molecule has 0 bridgehead atoms. The summed E-state index contributed by atoms with van der Waals surface area (Å²) in [6, 6.07) is 0.